The number of hydrogen-bond donors (Lipinski definition) is 1. The van der Waals surface area contributed by atoms with Crippen molar-refractivity contribution in [1.29, 1.82) is 0 Å². The second-order valence-corrected chi connectivity index (χ2v) is 9.90. The summed E-state index contributed by atoms with van der Waals surface area (Å²) in [5, 5.41) is 2.79. The van der Waals surface area contributed by atoms with Crippen molar-refractivity contribution >= 4 is 44.8 Å². The van der Waals surface area contributed by atoms with Crippen LogP contribution in [0.15, 0.2) is 71.6 Å². The predicted octanol–water partition coefficient (Wildman–Crippen LogP) is 4.93. The molecular formula is C23H20Cl2N2O4S. The van der Waals surface area contributed by atoms with Crippen LogP contribution in [0.25, 0.3) is 11.1 Å². The Balaban J connectivity index is 1.58. The molecule has 166 valence electrons. The summed E-state index contributed by atoms with van der Waals surface area (Å²) in [6.07, 6.45) is 0. The van der Waals surface area contributed by atoms with E-state index in [-0.39, 0.29) is 33.6 Å². The molecule has 0 atom stereocenters. The van der Waals surface area contributed by atoms with Crippen LogP contribution in [-0.4, -0.2) is 44.9 Å². The zero-order valence-corrected chi connectivity index (χ0v) is 19.3. The number of halogens is 2. The molecule has 9 heteroatoms. The summed E-state index contributed by atoms with van der Waals surface area (Å²) in [4.78, 5) is 12.7. The third kappa shape index (κ3) is 4.82. The first kappa shape index (κ1) is 22.8. The van der Waals surface area contributed by atoms with E-state index in [9.17, 15) is 13.2 Å². The Morgan fingerprint density at radius 3 is 2.16 bits per heavy atom. The highest BCUT2D eigenvalue weighted by Gasteiger charge is 2.30. The van der Waals surface area contributed by atoms with E-state index in [1.807, 2.05) is 42.5 Å². The number of ether oxygens (including phenoxy) is 1. The molecule has 0 spiro atoms. The lowest BCUT2D eigenvalue weighted by Gasteiger charge is -2.26. The van der Waals surface area contributed by atoms with E-state index in [4.69, 9.17) is 27.9 Å². The Hall–Kier alpha value is -2.42. The molecule has 3 aromatic carbocycles. The molecule has 0 aliphatic carbocycles. The van der Waals surface area contributed by atoms with Gasteiger partial charge in [-0.1, -0.05) is 65.7 Å². The molecule has 1 aliphatic rings. The van der Waals surface area contributed by atoms with Crippen molar-refractivity contribution in [2.24, 2.45) is 0 Å². The minimum absolute atomic E-state index is 0.0232. The molecule has 32 heavy (non-hydrogen) atoms. The van der Waals surface area contributed by atoms with Crippen LogP contribution in [0.2, 0.25) is 10.0 Å². The summed E-state index contributed by atoms with van der Waals surface area (Å²) >= 11 is 12.4. The molecular weight excluding hydrogens is 471 g/mol. The number of nitrogens with zero attached hydrogens (tertiary/aromatic N) is 1. The fourth-order valence-corrected chi connectivity index (χ4v) is 5.64. The lowest BCUT2D eigenvalue weighted by atomic mass is 10.1. The lowest BCUT2D eigenvalue weighted by Crippen LogP contribution is -2.40. The molecule has 6 nitrogen and oxygen atoms in total. The highest BCUT2D eigenvalue weighted by atomic mass is 35.5. The largest absolute Gasteiger partial charge is 0.379 e. The van der Waals surface area contributed by atoms with Gasteiger partial charge >= 0.3 is 0 Å². The maximum Gasteiger partial charge on any atom is 0.257 e. The quantitative estimate of drug-likeness (QED) is 0.549. The Kier molecular flexibility index (Phi) is 6.83. The normalized spacial score (nSPS) is 14.8. The first-order valence-electron chi connectivity index (χ1n) is 9.90. The molecule has 0 radical (unpaired) electrons. The van der Waals surface area contributed by atoms with Crippen molar-refractivity contribution in [2.75, 3.05) is 31.6 Å². The highest BCUT2D eigenvalue weighted by Crippen LogP contribution is 2.31. The van der Waals surface area contributed by atoms with Crippen molar-refractivity contribution in [3.8, 4) is 11.1 Å². The van der Waals surface area contributed by atoms with Crippen LogP contribution in [0.3, 0.4) is 0 Å². The Morgan fingerprint density at radius 2 is 1.50 bits per heavy atom. The maximum absolute atomic E-state index is 13.0. The second-order valence-electron chi connectivity index (χ2n) is 7.18. The van der Waals surface area contributed by atoms with Crippen molar-refractivity contribution in [2.45, 2.75) is 4.90 Å². The zero-order chi connectivity index (χ0) is 22.7. The van der Waals surface area contributed by atoms with E-state index in [1.54, 1.807) is 12.1 Å². The molecule has 1 amide bonds. The Bertz CT molecular complexity index is 1230. The fraction of sp³-hybridized carbons (Fsp3) is 0.174. The molecule has 0 aromatic heterocycles. The number of morpholine rings is 1. The number of anilines is 1. The minimum Gasteiger partial charge on any atom is -0.379 e. The van der Waals surface area contributed by atoms with Gasteiger partial charge in [-0.2, -0.15) is 4.31 Å². The third-order valence-electron chi connectivity index (χ3n) is 5.10. The number of amides is 1. The van der Waals surface area contributed by atoms with Crippen LogP contribution in [0.1, 0.15) is 10.4 Å². The molecule has 1 fully saturated rings. The van der Waals surface area contributed by atoms with Crippen molar-refractivity contribution in [1.82, 2.24) is 4.31 Å². The van der Waals surface area contributed by atoms with Gasteiger partial charge in [0.1, 0.15) is 4.90 Å². The van der Waals surface area contributed by atoms with Crippen LogP contribution >= 0.6 is 23.2 Å². The topological polar surface area (TPSA) is 75.7 Å². The predicted molar refractivity (Wildman–Crippen MR) is 126 cm³/mol. The fourth-order valence-electron chi connectivity index (χ4n) is 3.40. The van der Waals surface area contributed by atoms with Gasteiger partial charge in [0.2, 0.25) is 10.0 Å². The number of carbonyl (C=O) groups is 1. The Labute approximate surface area is 196 Å². The molecule has 0 bridgehead atoms. The van der Waals surface area contributed by atoms with Gasteiger partial charge in [-0.05, 0) is 35.4 Å². The molecule has 0 unspecified atom stereocenters. The standard InChI is InChI=1S/C23H20Cl2N2O4S/c24-20-15-21(25)22(32(29,30)27-10-12-31-13-11-27)14-19(20)23(28)26-18-8-6-17(7-9-18)16-4-2-1-3-5-16/h1-9,14-15H,10-13H2,(H,26,28). The molecule has 1 saturated heterocycles. The number of hydrogen-bond acceptors (Lipinski definition) is 4. The summed E-state index contributed by atoms with van der Waals surface area (Å²) in [6, 6.07) is 19.7. The monoisotopic (exact) mass is 490 g/mol. The van der Waals surface area contributed by atoms with Gasteiger partial charge in [0.05, 0.1) is 28.8 Å². The van der Waals surface area contributed by atoms with Gasteiger partial charge in [0, 0.05) is 18.8 Å². The van der Waals surface area contributed by atoms with Gasteiger partial charge in [-0.25, -0.2) is 8.42 Å². The van der Waals surface area contributed by atoms with Crippen LogP contribution in [0.5, 0.6) is 0 Å². The van der Waals surface area contributed by atoms with Crippen molar-refractivity contribution in [3.05, 3.63) is 82.3 Å². The van der Waals surface area contributed by atoms with Crippen molar-refractivity contribution < 1.29 is 17.9 Å². The average molecular weight is 491 g/mol. The number of nitrogens with one attached hydrogen (secondary N) is 1. The molecule has 1 aliphatic heterocycles. The summed E-state index contributed by atoms with van der Waals surface area (Å²) < 4.78 is 32.6. The van der Waals surface area contributed by atoms with E-state index in [1.165, 1.54) is 16.4 Å². The summed E-state index contributed by atoms with van der Waals surface area (Å²) in [6.45, 7) is 1.04. The number of rotatable bonds is 5. The molecule has 1 N–H and O–H groups in total. The number of sulfonamides is 1. The summed E-state index contributed by atoms with van der Waals surface area (Å²) in [5.74, 6) is -0.530. The van der Waals surface area contributed by atoms with Crippen LogP contribution in [0, 0.1) is 0 Å². The first-order valence-corrected chi connectivity index (χ1v) is 12.1. The molecule has 1 heterocycles. The average Bonchev–Trinajstić information content (AvgIpc) is 2.80. The van der Waals surface area contributed by atoms with E-state index >= 15 is 0 Å². The zero-order valence-electron chi connectivity index (χ0n) is 16.9. The van der Waals surface area contributed by atoms with E-state index in [0.717, 1.165) is 11.1 Å². The van der Waals surface area contributed by atoms with Crippen LogP contribution in [0.4, 0.5) is 5.69 Å². The van der Waals surface area contributed by atoms with Gasteiger partial charge in [0.25, 0.3) is 5.91 Å². The van der Waals surface area contributed by atoms with Gasteiger partial charge < -0.3 is 10.1 Å². The van der Waals surface area contributed by atoms with E-state index < -0.39 is 15.9 Å². The Morgan fingerprint density at radius 1 is 0.875 bits per heavy atom. The van der Waals surface area contributed by atoms with E-state index in [0.29, 0.717) is 18.9 Å². The van der Waals surface area contributed by atoms with Gasteiger partial charge in [0.15, 0.2) is 0 Å². The lowest BCUT2D eigenvalue weighted by molar-refractivity contribution is 0.0730. The van der Waals surface area contributed by atoms with Crippen LogP contribution < -0.4 is 5.32 Å². The molecule has 4 rings (SSSR count). The van der Waals surface area contributed by atoms with Crippen molar-refractivity contribution in [3.63, 3.8) is 0 Å². The van der Waals surface area contributed by atoms with E-state index in [2.05, 4.69) is 5.32 Å². The van der Waals surface area contributed by atoms with Crippen LogP contribution in [-0.2, 0) is 14.8 Å². The smallest absolute Gasteiger partial charge is 0.257 e. The van der Waals surface area contributed by atoms with Gasteiger partial charge in [-0.3, -0.25) is 4.79 Å². The minimum atomic E-state index is -3.89. The SMILES string of the molecule is O=C(Nc1ccc(-c2ccccc2)cc1)c1cc(S(=O)(=O)N2CCOCC2)c(Cl)cc1Cl. The number of benzene rings is 3. The summed E-state index contributed by atoms with van der Waals surface area (Å²) in [7, 11) is -3.89. The summed E-state index contributed by atoms with van der Waals surface area (Å²) in [5.41, 5.74) is 2.64. The second kappa shape index (κ2) is 9.60. The van der Waals surface area contributed by atoms with Gasteiger partial charge in [-0.15, -0.1) is 0 Å². The molecule has 0 saturated carbocycles. The third-order valence-corrected chi connectivity index (χ3v) is 7.78. The highest BCUT2D eigenvalue weighted by molar-refractivity contribution is 7.89. The molecule has 3 aromatic rings. The number of carbonyl (C=O) groups excluding carboxylic acids is 1. The first-order chi connectivity index (χ1) is 15.4. The maximum atomic E-state index is 13.0.